The second-order valence-corrected chi connectivity index (χ2v) is 2.94. The maximum Gasteiger partial charge on any atom is 0.280 e. The van der Waals surface area contributed by atoms with E-state index < -0.39 is 12.1 Å². The molecule has 0 aromatic carbocycles. The lowest BCUT2D eigenvalue weighted by molar-refractivity contribution is 0.146. The van der Waals surface area contributed by atoms with Crippen molar-refractivity contribution in [1.82, 2.24) is 4.98 Å². The predicted octanol–water partition coefficient (Wildman–Crippen LogP) is 2.27. The minimum absolute atomic E-state index is 0.00520. The number of hydrogen-bond acceptors (Lipinski definition) is 3. The van der Waals surface area contributed by atoms with Crippen molar-refractivity contribution in [2.24, 2.45) is 0 Å². The number of halogens is 2. The van der Waals surface area contributed by atoms with Crippen LogP contribution < -0.4 is 0 Å². The van der Waals surface area contributed by atoms with E-state index in [2.05, 4.69) is 4.98 Å². The van der Waals surface area contributed by atoms with Gasteiger partial charge < -0.3 is 0 Å². The molecule has 0 unspecified atom stereocenters. The number of pyridine rings is 1. The Morgan fingerprint density at radius 2 is 2.13 bits per heavy atom. The van der Waals surface area contributed by atoms with Gasteiger partial charge in [-0.2, -0.15) is 10.5 Å². The highest BCUT2D eigenvalue weighted by atomic mass is 19.3. The van der Waals surface area contributed by atoms with Gasteiger partial charge in [0, 0.05) is 5.56 Å². The van der Waals surface area contributed by atoms with E-state index >= 15 is 0 Å². The summed E-state index contributed by atoms with van der Waals surface area (Å²) in [5.74, 6) is 0. The average Bonchev–Trinajstić information content (AvgIpc) is 2.20. The summed E-state index contributed by atoms with van der Waals surface area (Å²) in [5, 5.41) is 17.2. The molecule has 0 aliphatic rings. The Kier molecular flexibility index (Phi) is 3.30. The number of nitriles is 2. The van der Waals surface area contributed by atoms with E-state index in [1.807, 2.05) is 6.07 Å². The van der Waals surface area contributed by atoms with Gasteiger partial charge in [-0.3, -0.25) is 0 Å². The van der Waals surface area contributed by atoms with Gasteiger partial charge in [0.05, 0.1) is 12.5 Å². The molecule has 0 amide bonds. The quantitative estimate of drug-likeness (QED) is 0.747. The van der Waals surface area contributed by atoms with E-state index in [4.69, 9.17) is 10.5 Å². The number of aryl methyl sites for hydroxylation is 1. The van der Waals surface area contributed by atoms with Crippen LogP contribution in [0, 0.1) is 29.6 Å². The minimum atomic E-state index is -2.70. The molecule has 0 spiro atoms. The standard InChI is InChI=1S/C10H7F2N3/c1-6-4-8(10(11)12)15-9(5-14)7(6)2-3-13/h4,10H,2H2,1H3. The van der Waals surface area contributed by atoms with Crippen LogP contribution in [0.1, 0.15) is 28.9 Å². The van der Waals surface area contributed by atoms with Crippen LogP contribution in [0.2, 0.25) is 0 Å². The van der Waals surface area contributed by atoms with Crippen molar-refractivity contribution in [3.8, 4) is 12.1 Å². The molecule has 0 atom stereocenters. The van der Waals surface area contributed by atoms with E-state index in [-0.39, 0.29) is 12.1 Å². The van der Waals surface area contributed by atoms with Crippen molar-refractivity contribution in [3.05, 3.63) is 28.6 Å². The monoisotopic (exact) mass is 207 g/mol. The van der Waals surface area contributed by atoms with Gasteiger partial charge in [-0.05, 0) is 18.6 Å². The van der Waals surface area contributed by atoms with E-state index in [1.54, 1.807) is 13.0 Å². The fourth-order valence-corrected chi connectivity index (χ4v) is 1.23. The summed E-state index contributed by atoms with van der Waals surface area (Å²) >= 11 is 0. The summed E-state index contributed by atoms with van der Waals surface area (Å²) in [4.78, 5) is 3.51. The van der Waals surface area contributed by atoms with Gasteiger partial charge in [-0.15, -0.1) is 0 Å². The highest BCUT2D eigenvalue weighted by Gasteiger charge is 2.15. The molecule has 5 heteroatoms. The first-order valence-corrected chi connectivity index (χ1v) is 4.15. The molecule has 0 saturated heterocycles. The fourth-order valence-electron chi connectivity index (χ4n) is 1.23. The van der Waals surface area contributed by atoms with Crippen molar-refractivity contribution in [3.63, 3.8) is 0 Å². The first-order chi connectivity index (χ1) is 7.10. The largest absolute Gasteiger partial charge is 0.280 e. The summed E-state index contributed by atoms with van der Waals surface area (Å²) in [6.07, 6.45) is -2.70. The predicted molar refractivity (Wildman–Crippen MR) is 48.0 cm³/mol. The summed E-state index contributed by atoms with van der Waals surface area (Å²) in [7, 11) is 0. The summed E-state index contributed by atoms with van der Waals surface area (Å²) in [5.41, 5.74) is 0.403. The number of alkyl halides is 2. The van der Waals surface area contributed by atoms with Crippen molar-refractivity contribution in [2.75, 3.05) is 0 Å². The van der Waals surface area contributed by atoms with Crippen LogP contribution in [-0.4, -0.2) is 4.98 Å². The van der Waals surface area contributed by atoms with E-state index in [1.165, 1.54) is 6.07 Å². The van der Waals surface area contributed by atoms with Crippen molar-refractivity contribution in [1.29, 1.82) is 10.5 Å². The molecule has 1 aromatic heterocycles. The maximum atomic E-state index is 12.3. The second kappa shape index (κ2) is 4.47. The Morgan fingerprint density at radius 3 is 2.60 bits per heavy atom. The third-order valence-corrected chi connectivity index (χ3v) is 1.95. The Hall–Kier alpha value is -2.01. The average molecular weight is 207 g/mol. The van der Waals surface area contributed by atoms with Crippen LogP contribution >= 0.6 is 0 Å². The molecule has 1 rings (SSSR count). The highest BCUT2D eigenvalue weighted by Crippen LogP contribution is 2.21. The number of hydrogen-bond donors (Lipinski definition) is 0. The first kappa shape index (κ1) is 11.1. The molecular formula is C10H7F2N3. The number of aromatic nitrogens is 1. The van der Waals surface area contributed by atoms with Crippen LogP contribution in [0.15, 0.2) is 6.07 Å². The third kappa shape index (κ3) is 2.26. The molecule has 0 bridgehead atoms. The summed E-state index contributed by atoms with van der Waals surface area (Å²) in [6, 6.07) is 4.80. The normalized spacial score (nSPS) is 9.73. The fraction of sp³-hybridized carbons (Fsp3) is 0.300. The van der Waals surface area contributed by atoms with Gasteiger partial charge >= 0.3 is 0 Å². The summed E-state index contributed by atoms with van der Waals surface area (Å²) in [6.45, 7) is 1.58. The molecule has 76 valence electrons. The minimum Gasteiger partial charge on any atom is -0.236 e. The maximum absolute atomic E-state index is 12.3. The zero-order chi connectivity index (χ0) is 11.4. The first-order valence-electron chi connectivity index (χ1n) is 4.15. The molecule has 1 heterocycles. The van der Waals surface area contributed by atoms with Gasteiger partial charge in [0.1, 0.15) is 17.5 Å². The van der Waals surface area contributed by atoms with Gasteiger partial charge in [-0.1, -0.05) is 0 Å². The Balaban J connectivity index is 3.33. The SMILES string of the molecule is Cc1cc(C(F)F)nc(C#N)c1CC#N. The molecule has 15 heavy (non-hydrogen) atoms. The van der Waals surface area contributed by atoms with Gasteiger partial charge in [-0.25, -0.2) is 13.8 Å². The molecule has 0 aliphatic heterocycles. The molecule has 0 aliphatic carbocycles. The van der Waals surface area contributed by atoms with E-state index in [9.17, 15) is 8.78 Å². The molecule has 0 saturated carbocycles. The van der Waals surface area contributed by atoms with Crippen molar-refractivity contribution in [2.45, 2.75) is 19.8 Å². The molecular weight excluding hydrogens is 200 g/mol. The zero-order valence-electron chi connectivity index (χ0n) is 7.96. The Labute approximate surface area is 85.6 Å². The molecule has 1 aromatic rings. The van der Waals surface area contributed by atoms with Crippen LogP contribution in [0.3, 0.4) is 0 Å². The lowest BCUT2D eigenvalue weighted by Crippen LogP contribution is -2.01. The molecule has 0 radical (unpaired) electrons. The van der Waals surface area contributed by atoms with Gasteiger partial charge in [0.2, 0.25) is 0 Å². The van der Waals surface area contributed by atoms with Gasteiger partial charge in [0.15, 0.2) is 0 Å². The number of nitrogens with zero attached hydrogens (tertiary/aromatic N) is 3. The van der Waals surface area contributed by atoms with Crippen LogP contribution in [0.5, 0.6) is 0 Å². The van der Waals surface area contributed by atoms with E-state index in [0.29, 0.717) is 11.1 Å². The van der Waals surface area contributed by atoms with Crippen LogP contribution in [0.25, 0.3) is 0 Å². The smallest absolute Gasteiger partial charge is 0.236 e. The highest BCUT2D eigenvalue weighted by molar-refractivity contribution is 5.40. The Morgan fingerprint density at radius 1 is 1.47 bits per heavy atom. The van der Waals surface area contributed by atoms with Crippen LogP contribution in [-0.2, 0) is 6.42 Å². The lowest BCUT2D eigenvalue weighted by Gasteiger charge is -2.06. The summed E-state index contributed by atoms with van der Waals surface area (Å²) < 4.78 is 24.7. The van der Waals surface area contributed by atoms with E-state index in [0.717, 1.165) is 0 Å². The van der Waals surface area contributed by atoms with Crippen molar-refractivity contribution >= 4 is 0 Å². The third-order valence-electron chi connectivity index (χ3n) is 1.95. The van der Waals surface area contributed by atoms with Crippen molar-refractivity contribution < 1.29 is 8.78 Å². The zero-order valence-corrected chi connectivity index (χ0v) is 7.96. The topological polar surface area (TPSA) is 60.5 Å². The van der Waals surface area contributed by atoms with Crippen LogP contribution in [0.4, 0.5) is 8.78 Å². The van der Waals surface area contributed by atoms with Gasteiger partial charge in [0.25, 0.3) is 6.43 Å². The Bertz CT molecular complexity index is 455. The molecule has 3 nitrogen and oxygen atoms in total. The number of rotatable bonds is 2. The second-order valence-electron chi connectivity index (χ2n) is 2.94. The molecule has 0 fully saturated rings. The lowest BCUT2D eigenvalue weighted by atomic mass is 10.0. The molecule has 0 N–H and O–H groups in total.